The van der Waals surface area contributed by atoms with Crippen LogP contribution in [0, 0.1) is 0 Å². The maximum atomic E-state index is 4.93. The fourth-order valence-corrected chi connectivity index (χ4v) is 1.30. The van der Waals surface area contributed by atoms with E-state index in [0.29, 0.717) is 16.9 Å². The molecular weight excluding hydrogens is 182 g/mol. The van der Waals surface area contributed by atoms with Crippen LogP contribution >= 0.6 is 0 Å². The van der Waals surface area contributed by atoms with Crippen LogP contribution in [0.1, 0.15) is 0 Å². The molecule has 3 rings (SSSR count). The molecule has 0 fully saturated rings. The average Bonchev–Trinajstić information content (AvgIpc) is 2.79. The average molecular weight is 187 g/mol. The highest BCUT2D eigenvalue weighted by Crippen LogP contribution is 2.24. The third kappa shape index (κ3) is 0.922. The van der Waals surface area contributed by atoms with Crippen LogP contribution < -0.4 is 0 Å². The summed E-state index contributed by atoms with van der Waals surface area (Å²) in [5, 5.41) is 11.1. The molecule has 1 aromatic carbocycles. The van der Waals surface area contributed by atoms with Gasteiger partial charge in [-0.2, -0.15) is 0 Å². The first kappa shape index (κ1) is 7.25. The number of hydrogen-bond donors (Lipinski definition) is 0. The minimum atomic E-state index is 0.323. The molecule has 68 valence electrons. The van der Waals surface area contributed by atoms with Gasteiger partial charge in [0.25, 0.3) is 0 Å². The zero-order valence-electron chi connectivity index (χ0n) is 7.04. The van der Waals surface area contributed by atoms with E-state index in [0.717, 1.165) is 5.56 Å². The second-order valence-electron chi connectivity index (χ2n) is 2.82. The summed E-state index contributed by atoms with van der Waals surface area (Å²) >= 11 is 0. The van der Waals surface area contributed by atoms with E-state index < -0.39 is 0 Å². The summed E-state index contributed by atoms with van der Waals surface area (Å²) in [6, 6.07) is 9.62. The minimum absolute atomic E-state index is 0.323. The lowest BCUT2D eigenvalue weighted by molar-refractivity contribution is 0.300. The smallest absolute Gasteiger partial charge is 0.318 e. The van der Waals surface area contributed by atoms with Crippen molar-refractivity contribution in [3.8, 4) is 11.3 Å². The first-order chi connectivity index (χ1) is 6.95. The highest BCUT2D eigenvalue weighted by atomic mass is 16.6. The van der Waals surface area contributed by atoms with Gasteiger partial charge in [0.05, 0.1) is 0 Å². The van der Waals surface area contributed by atoms with Gasteiger partial charge >= 0.3 is 5.71 Å². The molecule has 0 radical (unpaired) electrons. The molecule has 0 saturated carbocycles. The van der Waals surface area contributed by atoms with Gasteiger partial charge < -0.3 is 4.52 Å². The maximum absolute atomic E-state index is 4.93. The number of hydrogen-bond acceptors (Lipinski definition) is 5. The molecule has 5 heteroatoms. The largest absolute Gasteiger partial charge is 0.330 e. The Morgan fingerprint density at radius 3 is 2.64 bits per heavy atom. The van der Waals surface area contributed by atoms with E-state index in [1.165, 1.54) is 0 Å². The van der Waals surface area contributed by atoms with Crippen molar-refractivity contribution in [2.45, 2.75) is 0 Å². The molecule has 5 nitrogen and oxygen atoms in total. The van der Waals surface area contributed by atoms with Gasteiger partial charge in [-0.15, -0.1) is 0 Å². The summed E-state index contributed by atoms with van der Waals surface area (Å²) in [5.41, 5.74) is 2.46. The predicted octanol–water partition coefficient (Wildman–Crippen LogP) is 1.88. The summed E-state index contributed by atoms with van der Waals surface area (Å²) in [5.74, 6) is 0. The van der Waals surface area contributed by atoms with Crippen molar-refractivity contribution < 1.29 is 9.15 Å². The Morgan fingerprint density at radius 1 is 0.929 bits per heavy atom. The van der Waals surface area contributed by atoms with Crippen molar-refractivity contribution in [2.24, 2.45) is 0 Å². The summed E-state index contributed by atoms with van der Waals surface area (Å²) in [7, 11) is 0. The standard InChI is InChI=1S/C9H5N3O2/c1-2-4-6(5-3-1)7-8-9(13-10-7)12-14-11-8/h1-5H. The SMILES string of the molecule is c1ccc(-c2noc3nonc23)cc1. The second kappa shape index (κ2) is 2.66. The van der Waals surface area contributed by atoms with E-state index in [-0.39, 0.29) is 0 Å². The molecule has 2 aromatic heterocycles. The molecule has 0 spiro atoms. The van der Waals surface area contributed by atoms with E-state index in [2.05, 4.69) is 20.1 Å². The fraction of sp³-hybridized carbons (Fsp3) is 0. The Kier molecular flexibility index (Phi) is 1.38. The third-order valence-corrected chi connectivity index (χ3v) is 1.95. The van der Waals surface area contributed by atoms with Gasteiger partial charge in [0.1, 0.15) is 5.69 Å². The van der Waals surface area contributed by atoms with E-state index in [4.69, 9.17) is 4.52 Å². The van der Waals surface area contributed by atoms with Crippen molar-refractivity contribution in [3.05, 3.63) is 30.3 Å². The van der Waals surface area contributed by atoms with Crippen molar-refractivity contribution in [3.63, 3.8) is 0 Å². The van der Waals surface area contributed by atoms with Crippen molar-refractivity contribution >= 4 is 11.2 Å². The van der Waals surface area contributed by atoms with Crippen LogP contribution in [0.4, 0.5) is 0 Å². The summed E-state index contributed by atoms with van der Waals surface area (Å²) < 4.78 is 9.46. The molecule has 2 heterocycles. The van der Waals surface area contributed by atoms with E-state index in [1.807, 2.05) is 30.3 Å². The maximum Gasteiger partial charge on any atom is 0.318 e. The molecule has 0 aliphatic rings. The van der Waals surface area contributed by atoms with Crippen molar-refractivity contribution in [1.82, 2.24) is 15.5 Å². The van der Waals surface area contributed by atoms with Gasteiger partial charge in [-0.3, -0.25) is 0 Å². The Hall–Kier alpha value is -2.17. The first-order valence-electron chi connectivity index (χ1n) is 4.08. The van der Waals surface area contributed by atoms with Gasteiger partial charge in [0, 0.05) is 5.56 Å². The fourth-order valence-electron chi connectivity index (χ4n) is 1.30. The molecule has 3 aromatic rings. The highest BCUT2D eigenvalue weighted by Gasteiger charge is 2.14. The van der Waals surface area contributed by atoms with Crippen LogP contribution in [0.3, 0.4) is 0 Å². The normalized spacial score (nSPS) is 10.9. The van der Waals surface area contributed by atoms with E-state index in [9.17, 15) is 0 Å². The summed E-state index contributed by atoms with van der Waals surface area (Å²) in [4.78, 5) is 0. The van der Waals surface area contributed by atoms with Crippen LogP contribution in [0.2, 0.25) is 0 Å². The number of benzene rings is 1. The lowest BCUT2D eigenvalue weighted by Crippen LogP contribution is -1.76. The van der Waals surface area contributed by atoms with Gasteiger partial charge in [-0.25, -0.2) is 4.63 Å². The first-order valence-corrected chi connectivity index (χ1v) is 4.08. The number of nitrogens with zero attached hydrogens (tertiary/aromatic N) is 3. The molecule has 0 aliphatic heterocycles. The predicted molar refractivity (Wildman–Crippen MR) is 47.3 cm³/mol. The molecule has 0 saturated heterocycles. The molecule has 0 amide bonds. The zero-order chi connectivity index (χ0) is 9.38. The van der Waals surface area contributed by atoms with Crippen LogP contribution in [0.5, 0.6) is 0 Å². The van der Waals surface area contributed by atoms with Crippen LogP contribution in [-0.2, 0) is 0 Å². The Bertz CT molecular complexity index is 555. The second-order valence-corrected chi connectivity index (χ2v) is 2.82. The molecule has 0 unspecified atom stereocenters. The Labute approximate surface area is 78.3 Å². The number of rotatable bonds is 1. The Morgan fingerprint density at radius 2 is 1.79 bits per heavy atom. The van der Waals surface area contributed by atoms with E-state index >= 15 is 0 Å². The molecule has 0 bridgehead atoms. The van der Waals surface area contributed by atoms with Crippen LogP contribution in [-0.4, -0.2) is 15.5 Å². The minimum Gasteiger partial charge on any atom is -0.330 e. The highest BCUT2D eigenvalue weighted by molar-refractivity contribution is 5.84. The summed E-state index contributed by atoms with van der Waals surface area (Å²) in [6.45, 7) is 0. The Balaban J connectivity index is 2.28. The lowest BCUT2D eigenvalue weighted by atomic mass is 10.1. The van der Waals surface area contributed by atoms with Crippen LogP contribution in [0.15, 0.2) is 39.5 Å². The molecule has 0 aliphatic carbocycles. The van der Waals surface area contributed by atoms with E-state index in [1.54, 1.807) is 0 Å². The number of aromatic nitrogens is 3. The van der Waals surface area contributed by atoms with Crippen molar-refractivity contribution in [1.29, 1.82) is 0 Å². The monoisotopic (exact) mass is 187 g/mol. The zero-order valence-corrected chi connectivity index (χ0v) is 7.04. The summed E-state index contributed by atoms with van der Waals surface area (Å²) in [6.07, 6.45) is 0. The van der Waals surface area contributed by atoms with Gasteiger partial charge in [-0.1, -0.05) is 35.5 Å². The molecular formula is C9H5N3O2. The van der Waals surface area contributed by atoms with Gasteiger partial charge in [0.2, 0.25) is 5.52 Å². The quantitative estimate of drug-likeness (QED) is 0.581. The molecule has 0 N–H and O–H groups in total. The lowest BCUT2D eigenvalue weighted by Gasteiger charge is -1.91. The van der Waals surface area contributed by atoms with Crippen molar-refractivity contribution in [2.75, 3.05) is 0 Å². The topological polar surface area (TPSA) is 65.0 Å². The third-order valence-electron chi connectivity index (χ3n) is 1.95. The molecule has 14 heavy (non-hydrogen) atoms. The van der Waals surface area contributed by atoms with Gasteiger partial charge in [0.15, 0.2) is 0 Å². The number of fused-ring (bicyclic) bond motifs is 1. The molecule has 0 atom stereocenters. The van der Waals surface area contributed by atoms with Gasteiger partial charge in [-0.05, 0) is 10.3 Å². The van der Waals surface area contributed by atoms with Crippen LogP contribution in [0.25, 0.3) is 22.5 Å².